The van der Waals surface area contributed by atoms with Gasteiger partial charge in [0.15, 0.2) is 0 Å². The molecule has 1 aromatic carbocycles. The van der Waals surface area contributed by atoms with Gasteiger partial charge < -0.3 is 9.88 Å². The van der Waals surface area contributed by atoms with Crippen LogP contribution in [-0.4, -0.2) is 25.4 Å². The number of carbonyl (C=O) groups excluding carboxylic acids is 1. The minimum Gasteiger partial charge on any atom is -0.328 e. The van der Waals surface area contributed by atoms with Crippen LogP contribution in [0, 0.1) is 0 Å². The lowest BCUT2D eigenvalue weighted by Gasteiger charge is -2.10. The Morgan fingerprint density at radius 1 is 0.906 bits per heavy atom. The predicted octanol–water partition coefficient (Wildman–Crippen LogP) is 5.47. The van der Waals surface area contributed by atoms with Crippen LogP contribution in [0.5, 0.6) is 0 Å². The van der Waals surface area contributed by atoms with Crippen LogP contribution in [0.25, 0.3) is 22.4 Å². The average molecular weight is 422 g/mol. The zero-order valence-electron chi connectivity index (χ0n) is 17.6. The molecule has 2 saturated carbocycles. The molecule has 158 valence electrons. The fraction of sp³-hybridized carbons (Fsp3) is 0.231. The van der Waals surface area contributed by atoms with E-state index in [-0.39, 0.29) is 5.91 Å². The summed E-state index contributed by atoms with van der Waals surface area (Å²) in [4.78, 5) is 26.1. The van der Waals surface area contributed by atoms with Gasteiger partial charge in [-0.25, -0.2) is 4.98 Å². The largest absolute Gasteiger partial charge is 0.328 e. The van der Waals surface area contributed by atoms with Gasteiger partial charge in [-0.05, 0) is 61.6 Å². The maximum atomic E-state index is 12.9. The number of nitrogens with zero attached hydrogens (tertiary/aromatic N) is 4. The van der Waals surface area contributed by atoms with Gasteiger partial charge in [-0.15, -0.1) is 0 Å². The lowest BCUT2D eigenvalue weighted by atomic mass is 10.1. The van der Waals surface area contributed by atoms with E-state index < -0.39 is 0 Å². The summed E-state index contributed by atoms with van der Waals surface area (Å²) >= 11 is 0. The number of hydrogen-bond donors (Lipinski definition) is 1. The Hall–Kier alpha value is -3.80. The Balaban J connectivity index is 1.21. The molecule has 0 bridgehead atoms. The van der Waals surface area contributed by atoms with Gasteiger partial charge in [-0.1, -0.05) is 18.2 Å². The number of amides is 1. The highest BCUT2D eigenvalue weighted by Crippen LogP contribution is 2.39. The molecule has 0 atom stereocenters. The summed E-state index contributed by atoms with van der Waals surface area (Å²) in [6, 6.07) is 16.3. The lowest BCUT2D eigenvalue weighted by Crippen LogP contribution is -2.13. The number of nitrogens with one attached hydrogen (secondary N) is 1. The van der Waals surface area contributed by atoms with Crippen molar-refractivity contribution in [1.29, 1.82) is 0 Å². The minimum absolute atomic E-state index is 0.234. The minimum atomic E-state index is -0.234. The summed E-state index contributed by atoms with van der Waals surface area (Å²) < 4.78 is 2.22. The first-order valence-electron chi connectivity index (χ1n) is 11.1. The Morgan fingerprint density at radius 2 is 1.81 bits per heavy atom. The first kappa shape index (κ1) is 18.9. The third kappa shape index (κ3) is 3.80. The van der Waals surface area contributed by atoms with E-state index in [1.54, 1.807) is 6.20 Å². The standard InChI is InChI=1S/C26H23N5O/c32-26(24-13-18(10-11-28-24)20-6-9-23(29-14-20)17-4-5-17)30-21-3-1-2-19(12-21)25-15-27-16-31(25)22-7-8-22/h1-3,6,9-17,22H,4-5,7-8H2,(H,30,32). The molecule has 0 saturated heterocycles. The second-order valence-corrected chi connectivity index (χ2v) is 8.63. The third-order valence-corrected chi connectivity index (χ3v) is 6.13. The van der Waals surface area contributed by atoms with E-state index in [4.69, 9.17) is 0 Å². The maximum absolute atomic E-state index is 12.9. The molecule has 0 spiro atoms. The average Bonchev–Trinajstić information content (AvgIpc) is 3.78. The summed E-state index contributed by atoms with van der Waals surface area (Å²) in [6.07, 6.45) is 12.2. The maximum Gasteiger partial charge on any atom is 0.274 e. The molecule has 1 N–H and O–H groups in total. The van der Waals surface area contributed by atoms with Crippen LogP contribution in [0.4, 0.5) is 5.69 Å². The van der Waals surface area contributed by atoms with E-state index in [1.807, 2.05) is 55.1 Å². The summed E-state index contributed by atoms with van der Waals surface area (Å²) in [5.41, 5.74) is 6.30. The fourth-order valence-corrected chi connectivity index (χ4v) is 4.05. The number of imidazole rings is 1. The number of carbonyl (C=O) groups is 1. The molecule has 0 aliphatic heterocycles. The zero-order chi connectivity index (χ0) is 21.5. The summed E-state index contributed by atoms with van der Waals surface area (Å²) in [7, 11) is 0. The van der Waals surface area contributed by atoms with Gasteiger partial charge in [0.25, 0.3) is 5.91 Å². The normalized spacial score (nSPS) is 15.5. The second kappa shape index (κ2) is 7.71. The van der Waals surface area contributed by atoms with Crippen LogP contribution in [0.1, 0.15) is 53.8 Å². The molecule has 1 amide bonds. The van der Waals surface area contributed by atoms with E-state index in [9.17, 15) is 4.79 Å². The molecule has 32 heavy (non-hydrogen) atoms. The van der Waals surface area contributed by atoms with Crippen molar-refractivity contribution in [1.82, 2.24) is 19.5 Å². The molecule has 0 radical (unpaired) electrons. The molecule has 0 unspecified atom stereocenters. The van der Waals surface area contributed by atoms with Gasteiger partial charge in [-0.2, -0.15) is 0 Å². The van der Waals surface area contributed by atoms with Crippen LogP contribution < -0.4 is 5.32 Å². The SMILES string of the molecule is O=C(Nc1cccc(-c2cncn2C2CC2)c1)c1cc(-c2ccc(C3CC3)nc2)ccn1. The van der Waals surface area contributed by atoms with Crippen molar-refractivity contribution in [3.8, 4) is 22.4 Å². The molecule has 4 aromatic rings. The molecule has 6 rings (SSSR count). The van der Waals surface area contributed by atoms with E-state index in [1.165, 1.54) is 25.7 Å². The van der Waals surface area contributed by atoms with Crippen molar-refractivity contribution in [2.45, 2.75) is 37.6 Å². The van der Waals surface area contributed by atoms with E-state index in [0.29, 0.717) is 17.7 Å². The molecule has 2 aliphatic carbocycles. The predicted molar refractivity (Wildman–Crippen MR) is 123 cm³/mol. The van der Waals surface area contributed by atoms with Crippen LogP contribution >= 0.6 is 0 Å². The van der Waals surface area contributed by atoms with Crippen molar-refractivity contribution >= 4 is 11.6 Å². The first-order valence-corrected chi connectivity index (χ1v) is 11.1. The number of hydrogen-bond acceptors (Lipinski definition) is 4. The van der Waals surface area contributed by atoms with Crippen LogP contribution in [0.2, 0.25) is 0 Å². The Bertz CT molecular complexity index is 1290. The fourth-order valence-electron chi connectivity index (χ4n) is 4.05. The van der Waals surface area contributed by atoms with Crippen molar-refractivity contribution in [2.24, 2.45) is 0 Å². The Labute approximate surface area is 186 Å². The third-order valence-electron chi connectivity index (χ3n) is 6.13. The van der Waals surface area contributed by atoms with Gasteiger partial charge in [0.1, 0.15) is 5.69 Å². The molecular weight excluding hydrogens is 398 g/mol. The number of benzene rings is 1. The molecule has 6 nitrogen and oxygen atoms in total. The lowest BCUT2D eigenvalue weighted by molar-refractivity contribution is 0.102. The highest BCUT2D eigenvalue weighted by molar-refractivity contribution is 6.03. The van der Waals surface area contributed by atoms with Crippen molar-refractivity contribution in [3.63, 3.8) is 0 Å². The molecule has 2 fully saturated rings. The molecule has 3 aromatic heterocycles. The number of aromatic nitrogens is 4. The monoisotopic (exact) mass is 421 g/mol. The van der Waals surface area contributed by atoms with Crippen molar-refractivity contribution in [3.05, 3.63) is 84.8 Å². The van der Waals surface area contributed by atoms with Gasteiger partial charge >= 0.3 is 0 Å². The summed E-state index contributed by atoms with van der Waals surface area (Å²) in [6.45, 7) is 0. The Morgan fingerprint density at radius 3 is 2.59 bits per heavy atom. The van der Waals surface area contributed by atoms with Crippen LogP contribution in [-0.2, 0) is 0 Å². The Kier molecular flexibility index (Phi) is 4.56. The first-order chi connectivity index (χ1) is 15.7. The quantitative estimate of drug-likeness (QED) is 0.448. The van der Waals surface area contributed by atoms with Gasteiger partial charge in [0.05, 0.1) is 18.2 Å². The number of rotatable bonds is 6. The smallest absolute Gasteiger partial charge is 0.274 e. The topological polar surface area (TPSA) is 72.7 Å². The zero-order valence-corrected chi connectivity index (χ0v) is 17.6. The molecule has 6 heteroatoms. The van der Waals surface area contributed by atoms with Crippen LogP contribution in [0.3, 0.4) is 0 Å². The van der Waals surface area contributed by atoms with Crippen LogP contribution in [0.15, 0.2) is 73.4 Å². The van der Waals surface area contributed by atoms with E-state index in [2.05, 4.69) is 37.0 Å². The van der Waals surface area contributed by atoms with E-state index >= 15 is 0 Å². The summed E-state index contributed by atoms with van der Waals surface area (Å²) in [5, 5.41) is 2.99. The highest BCUT2D eigenvalue weighted by atomic mass is 16.1. The van der Waals surface area contributed by atoms with Crippen molar-refractivity contribution < 1.29 is 4.79 Å². The van der Waals surface area contributed by atoms with Gasteiger partial charge in [0, 0.05) is 46.9 Å². The number of anilines is 1. The van der Waals surface area contributed by atoms with Gasteiger partial charge in [0.2, 0.25) is 0 Å². The number of pyridine rings is 2. The molecule has 2 aliphatic rings. The van der Waals surface area contributed by atoms with Crippen molar-refractivity contribution in [2.75, 3.05) is 5.32 Å². The summed E-state index contributed by atoms with van der Waals surface area (Å²) in [5.74, 6) is 0.392. The van der Waals surface area contributed by atoms with E-state index in [0.717, 1.165) is 33.8 Å². The highest BCUT2D eigenvalue weighted by Gasteiger charge is 2.26. The molecule has 3 heterocycles. The molecular formula is C26H23N5O. The second-order valence-electron chi connectivity index (χ2n) is 8.63. The van der Waals surface area contributed by atoms with Gasteiger partial charge in [-0.3, -0.25) is 14.8 Å².